The van der Waals surface area contributed by atoms with Crippen LogP contribution in [0.5, 0.6) is 0 Å². The molecule has 1 aliphatic rings. The van der Waals surface area contributed by atoms with Gasteiger partial charge in [-0.3, -0.25) is 4.68 Å². The molecule has 0 saturated carbocycles. The summed E-state index contributed by atoms with van der Waals surface area (Å²) < 4.78 is 7.38. The average Bonchev–Trinajstić information content (AvgIpc) is 2.75. The first-order chi connectivity index (χ1) is 9.20. The van der Waals surface area contributed by atoms with Crippen molar-refractivity contribution in [2.24, 2.45) is 13.0 Å². The number of rotatable bonds is 6. The number of nitrogens with zero attached hydrogens (tertiary/aromatic N) is 2. The maximum absolute atomic E-state index is 5.46. The van der Waals surface area contributed by atoms with Gasteiger partial charge in [-0.05, 0) is 45.1 Å². The van der Waals surface area contributed by atoms with E-state index in [9.17, 15) is 0 Å². The molecule has 0 aromatic carbocycles. The molecule has 2 rings (SSSR count). The summed E-state index contributed by atoms with van der Waals surface area (Å²) in [5, 5.41) is 8.18. The molecule has 1 aromatic heterocycles. The summed E-state index contributed by atoms with van der Waals surface area (Å²) in [5.74, 6) is 0.780. The molecule has 1 unspecified atom stereocenters. The second kappa shape index (κ2) is 7.06. The molecule has 0 spiro atoms. The van der Waals surface area contributed by atoms with Gasteiger partial charge in [0.1, 0.15) is 0 Å². The second-order valence-corrected chi connectivity index (χ2v) is 5.64. The Hall–Kier alpha value is -0.870. The van der Waals surface area contributed by atoms with E-state index in [0.717, 1.165) is 31.4 Å². The molecule has 0 bridgehead atoms. The molecule has 1 N–H and O–H groups in total. The van der Waals surface area contributed by atoms with Gasteiger partial charge in [0.2, 0.25) is 0 Å². The van der Waals surface area contributed by atoms with Crippen molar-refractivity contribution in [3.63, 3.8) is 0 Å². The van der Waals surface area contributed by atoms with Crippen molar-refractivity contribution in [2.75, 3.05) is 19.8 Å². The SMILES string of the molecule is CCCNC(CC1CCOCC1)c1cn(C)nc1C. The van der Waals surface area contributed by atoms with Gasteiger partial charge in [0, 0.05) is 38.1 Å². The maximum Gasteiger partial charge on any atom is 0.0641 e. The van der Waals surface area contributed by atoms with Crippen LogP contribution in [0.3, 0.4) is 0 Å². The van der Waals surface area contributed by atoms with E-state index in [4.69, 9.17) is 4.74 Å². The number of aromatic nitrogens is 2. The smallest absolute Gasteiger partial charge is 0.0641 e. The summed E-state index contributed by atoms with van der Waals surface area (Å²) in [6.07, 6.45) is 6.94. The van der Waals surface area contributed by atoms with Crippen LogP contribution >= 0.6 is 0 Å². The monoisotopic (exact) mass is 265 g/mol. The van der Waals surface area contributed by atoms with Crippen molar-refractivity contribution in [3.8, 4) is 0 Å². The number of ether oxygens (including phenoxy) is 1. The van der Waals surface area contributed by atoms with Crippen molar-refractivity contribution in [1.82, 2.24) is 15.1 Å². The van der Waals surface area contributed by atoms with Gasteiger partial charge < -0.3 is 10.1 Å². The largest absolute Gasteiger partial charge is 0.381 e. The molecule has 0 amide bonds. The Bertz CT molecular complexity index is 383. The average molecular weight is 265 g/mol. The highest BCUT2D eigenvalue weighted by atomic mass is 16.5. The minimum absolute atomic E-state index is 0.441. The van der Waals surface area contributed by atoms with Gasteiger partial charge in [-0.1, -0.05) is 6.92 Å². The second-order valence-electron chi connectivity index (χ2n) is 5.64. The van der Waals surface area contributed by atoms with Crippen LogP contribution in [-0.2, 0) is 11.8 Å². The van der Waals surface area contributed by atoms with Gasteiger partial charge in [-0.15, -0.1) is 0 Å². The first-order valence-electron chi connectivity index (χ1n) is 7.52. The zero-order chi connectivity index (χ0) is 13.7. The molecule has 4 heteroatoms. The fraction of sp³-hybridized carbons (Fsp3) is 0.800. The molecule has 4 nitrogen and oxygen atoms in total. The Morgan fingerprint density at radius 2 is 2.21 bits per heavy atom. The minimum Gasteiger partial charge on any atom is -0.381 e. The molecule has 19 heavy (non-hydrogen) atoms. The molecule has 1 aliphatic heterocycles. The minimum atomic E-state index is 0.441. The Morgan fingerprint density at radius 1 is 1.47 bits per heavy atom. The fourth-order valence-corrected chi connectivity index (χ4v) is 2.91. The van der Waals surface area contributed by atoms with Crippen LogP contribution in [0.4, 0.5) is 0 Å². The van der Waals surface area contributed by atoms with E-state index in [1.165, 1.54) is 31.2 Å². The Morgan fingerprint density at radius 3 is 2.79 bits per heavy atom. The fourth-order valence-electron chi connectivity index (χ4n) is 2.91. The van der Waals surface area contributed by atoms with Crippen LogP contribution in [0.15, 0.2) is 6.20 Å². The summed E-state index contributed by atoms with van der Waals surface area (Å²) in [7, 11) is 2.00. The normalized spacial score (nSPS) is 18.7. The summed E-state index contributed by atoms with van der Waals surface area (Å²) in [4.78, 5) is 0. The lowest BCUT2D eigenvalue weighted by molar-refractivity contribution is 0.0605. The Balaban J connectivity index is 2.04. The van der Waals surface area contributed by atoms with E-state index < -0.39 is 0 Å². The first kappa shape index (κ1) is 14.5. The summed E-state index contributed by atoms with van der Waals surface area (Å²) >= 11 is 0. The van der Waals surface area contributed by atoms with E-state index >= 15 is 0 Å². The highest BCUT2D eigenvalue weighted by molar-refractivity contribution is 5.20. The van der Waals surface area contributed by atoms with Crippen LogP contribution in [0.25, 0.3) is 0 Å². The quantitative estimate of drug-likeness (QED) is 0.859. The number of nitrogens with one attached hydrogen (secondary N) is 1. The molecule has 1 fully saturated rings. The van der Waals surface area contributed by atoms with Crippen molar-refractivity contribution in [1.29, 1.82) is 0 Å². The van der Waals surface area contributed by atoms with Gasteiger partial charge >= 0.3 is 0 Å². The van der Waals surface area contributed by atoms with Gasteiger partial charge in [0.15, 0.2) is 0 Å². The van der Waals surface area contributed by atoms with Crippen LogP contribution in [0.2, 0.25) is 0 Å². The summed E-state index contributed by atoms with van der Waals surface area (Å²) in [5.41, 5.74) is 2.52. The van der Waals surface area contributed by atoms with E-state index in [2.05, 4.69) is 30.5 Å². The summed E-state index contributed by atoms with van der Waals surface area (Å²) in [6.45, 7) is 7.26. The number of aryl methyl sites for hydroxylation is 2. The molecular weight excluding hydrogens is 238 g/mol. The van der Waals surface area contributed by atoms with Crippen molar-refractivity contribution in [3.05, 3.63) is 17.5 Å². The van der Waals surface area contributed by atoms with Crippen LogP contribution in [0.1, 0.15) is 49.9 Å². The highest BCUT2D eigenvalue weighted by Crippen LogP contribution is 2.28. The predicted molar refractivity (Wildman–Crippen MR) is 77.1 cm³/mol. The van der Waals surface area contributed by atoms with Gasteiger partial charge in [-0.25, -0.2) is 0 Å². The first-order valence-corrected chi connectivity index (χ1v) is 7.52. The third-order valence-corrected chi connectivity index (χ3v) is 3.98. The molecule has 0 aliphatic carbocycles. The maximum atomic E-state index is 5.46. The molecule has 0 radical (unpaired) electrons. The third kappa shape index (κ3) is 4.05. The highest BCUT2D eigenvalue weighted by Gasteiger charge is 2.22. The zero-order valence-electron chi connectivity index (χ0n) is 12.5. The van der Waals surface area contributed by atoms with Crippen molar-refractivity contribution >= 4 is 0 Å². The standard InChI is InChI=1S/C15H27N3O/c1-4-7-16-15(10-13-5-8-19-9-6-13)14-11-18(3)17-12(14)2/h11,13,15-16H,4-10H2,1-3H3. The summed E-state index contributed by atoms with van der Waals surface area (Å²) in [6, 6.07) is 0.441. The van der Waals surface area contributed by atoms with Gasteiger partial charge in [-0.2, -0.15) is 5.10 Å². The van der Waals surface area contributed by atoms with E-state index in [-0.39, 0.29) is 0 Å². The van der Waals surface area contributed by atoms with Gasteiger partial charge in [0.25, 0.3) is 0 Å². The predicted octanol–water partition coefficient (Wildman–Crippen LogP) is 2.59. The molecule has 108 valence electrons. The Kier molecular flexibility index (Phi) is 5.40. The Labute approximate surface area is 116 Å². The van der Waals surface area contributed by atoms with Gasteiger partial charge in [0.05, 0.1) is 5.69 Å². The lowest BCUT2D eigenvalue weighted by Crippen LogP contribution is -2.27. The van der Waals surface area contributed by atoms with Crippen molar-refractivity contribution < 1.29 is 4.74 Å². The van der Waals surface area contributed by atoms with E-state index in [0.29, 0.717) is 6.04 Å². The third-order valence-electron chi connectivity index (χ3n) is 3.98. The number of hydrogen-bond acceptors (Lipinski definition) is 3. The van der Waals surface area contributed by atoms with E-state index in [1.807, 2.05) is 11.7 Å². The molecule has 1 atom stereocenters. The van der Waals surface area contributed by atoms with Crippen molar-refractivity contribution in [2.45, 2.75) is 45.6 Å². The topological polar surface area (TPSA) is 39.1 Å². The molecular formula is C15H27N3O. The van der Waals surface area contributed by atoms with Crippen LogP contribution in [-0.4, -0.2) is 29.5 Å². The molecule has 2 heterocycles. The zero-order valence-corrected chi connectivity index (χ0v) is 12.5. The van der Waals surface area contributed by atoms with Crippen LogP contribution in [0, 0.1) is 12.8 Å². The lowest BCUT2D eigenvalue weighted by Gasteiger charge is -2.27. The lowest BCUT2D eigenvalue weighted by atomic mass is 9.89. The number of hydrogen-bond donors (Lipinski definition) is 1. The molecule has 1 aromatic rings. The molecule has 1 saturated heterocycles. The van der Waals surface area contributed by atoms with E-state index in [1.54, 1.807) is 0 Å². The van der Waals surface area contributed by atoms with Crippen LogP contribution < -0.4 is 5.32 Å².